The summed E-state index contributed by atoms with van der Waals surface area (Å²) in [7, 11) is 1.77. The highest BCUT2D eigenvalue weighted by Gasteiger charge is 2.26. The summed E-state index contributed by atoms with van der Waals surface area (Å²) in [5.41, 5.74) is 3.19. The number of fused-ring (bicyclic) bond motifs is 2. The Hall–Kier alpha value is -3.02. The zero-order valence-electron chi connectivity index (χ0n) is 13.9. The second kappa shape index (κ2) is 6.12. The minimum absolute atomic E-state index is 0.0367. The third-order valence-electron chi connectivity index (χ3n) is 4.52. The summed E-state index contributed by atoms with van der Waals surface area (Å²) in [5, 5.41) is 5.80. The molecule has 0 saturated carbocycles. The molecule has 2 aliphatic heterocycles. The molecule has 0 aliphatic carbocycles. The molecule has 0 unspecified atom stereocenters. The van der Waals surface area contributed by atoms with Gasteiger partial charge in [-0.2, -0.15) is 0 Å². The Labute approximate surface area is 145 Å². The van der Waals surface area contributed by atoms with E-state index >= 15 is 0 Å². The summed E-state index contributed by atoms with van der Waals surface area (Å²) in [4.78, 5) is 25.9. The number of benzene rings is 2. The van der Waals surface area contributed by atoms with Crippen LogP contribution in [0.5, 0.6) is 5.75 Å². The lowest BCUT2D eigenvalue weighted by Crippen LogP contribution is -2.36. The number of para-hydroxylation sites is 1. The fourth-order valence-electron chi connectivity index (χ4n) is 3.27. The first-order valence-corrected chi connectivity index (χ1v) is 8.28. The highest BCUT2D eigenvalue weighted by molar-refractivity contribution is 6.03. The maximum absolute atomic E-state index is 12.7. The van der Waals surface area contributed by atoms with Crippen LogP contribution in [0.2, 0.25) is 0 Å². The first-order chi connectivity index (χ1) is 12.1. The molecule has 128 valence electrons. The summed E-state index contributed by atoms with van der Waals surface area (Å²) < 4.78 is 5.91. The van der Waals surface area contributed by atoms with E-state index in [1.807, 2.05) is 24.3 Å². The van der Waals surface area contributed by atoms with Crippen LogP contribution < -0.4 is 15.4 Å². The molecule has 2 heterocycles. The number of hydrogen-bond acceptors (Lipinski definition) is 4. The van der Waals surface area contributed by atoms with Crippen LogP contribution in [-0.2, 0) is 11.2 Å². The first-order valence-electron chi connectivity index (χ1n) is 8.28. The lowest BCUT2D eigenvalue weighted by atomic mass is 10.1. The van der Waals surface area contributed by atoms with Crippen LogP contribution in [0.1, 0.15) is 15.9 Å². The zero-order chi connectivity index (χ0) is 17.4. The van der Waals surface area contributed by atoms with Crippen LogP contribution in [0.3, 0.4) is 0 Å². The monoisotopic (exact) mass is 337 g/mol. The van der Waals surface area contributed by atoms with Crippen molar-refractivity contribution >= 4 is 23.2 Å². The average Bonchev–Trinajstić information content (AvgIpc) is 3.02. The number of carbonyl (C=O) groups is 2. The molecule has 25 heavy (non-hydrogen) atoms. The molecule has 0 radical (unpaired) electrons. The minimum atomic E-state index is -0.109. The molecule has 4 rings (SSSR count). The SMILES string of the molecule is CN(C[C@H]1Cc2ccccc2O1)C(=O)c1ccc2c(c1)NC(=O)CN2. The molecular formula is C19H19N3O3. The van der Waals surface area contributed by atoms with E-state index in [1.165, 1.54) is 5.56 Å². The molecule has 0 bridgehead atoms. The van der Waals surface area contributed by atoms with Gasteiger partial charge in [-0.1, -0.05) is 18.2 Å². The largest absolute Gasteiger partial charge is 0.488 e. The van der Waals surface area contributed by atoms with Gasteiger partial charge in [0.1, 0.15) is 11.9 Å². The van der Waals surface area contributed by atoms with Crippen molar-refractivity contribution in [3.8, 4) is 5.75 Å². The molecule has 2 aliphatic rings. The van der Waals surface area contributed by atoms with Gasteiger partial charge in [-0.15, -0.1) is 0 Å². The van der Waals surface area contributed by atoms with Crippen LogP contribution >= 0.6 is 0 Å². The van der Waals surface area contributed by atoms with Gasteiger partial charge in [-0.25, -0.2) is 0 Å². The van der Waals surface area contributed by atoms with E-state index in [4.69, 9.17) is 4.74 Å². The molecule has 0 aromatic heterocycles. The lowest BCUT2D eigenvalue weighted by Gasteiger charge is -2.23. The van der Waals surface area contributed by atoms with Crippen molar-refractivity contribution in [1.29, 1.82) is 0 Å². The molecule has 6 heteroatoms. The van der Waals surface area contributed by atoms with E-state index in [-0.39, 0.29) is 24.5 Å². The van der Waals surface area contributed by atoms with Crippen molar-refractivity contribution in [3.05, 3.63) is 53.6 Å². The quantitative estimate of drug-likeness (QED) is 0.900. The van der Waals surface area contributed by atoms with E-state index in [0.717, 1.165) is 17.9 Å². The maximum Gasteiger partial charge on any atom is 0.253 e. The second-order valence-corrected chi connectivity index (χ2v) is 6.40. The van der Waals surface area contributed by atoms with E-state index in [0.29, 0.717) is 17.8 Å². The van der Waals surface area contributed by atoms with Crippen molar-refractivity contribution in [2.75, 3.05) is 30.8 Å². The van der Waals surface area contributed by atoms with E-state index in [1.54, 1.807) is 24.1 Å². The van der Waals surface area contributed by atoms with Crippen molar-refractivity contribution in [3.63, 3.8) is 0 Å². The Morgan fingerprint density at radius 3 is 2.92 bits per heavy atom. The normalized spacial score (nSPS) is 17.6. The molecule has 0 saturated heterocycles. The van der Waals surface area contributed by atoms with Crippen molar-refractivity contribution in [2.24, 2.45) is 0 Å². The average molecular weight is 337 g/mol. The number of nitrogens with one attached hydrogen (secondary N) is 2. The number of anilines is 2. The van der Waals surface area contributed by atoms with Gasteiger partial charge in [-0.3, -0.25) is 9.59 Å². The fraction of sp³-hybridized carbons (Fsp3) is 0.263. The molecular weight excluding hydrogens is 318 g/mol. The van der Waals surface area contributed by atoms with Gasteiger partial charge in [0.05, 0.1) is 24.5 Å². The predicted molar refractivity (Wildman–Crippen MR) is 95.1 cm³/mol. The van der Waals surface area contributed by atoms with Gasteiger partial charge in [0, 0.05) is 19.0 Å². The third kappa shape index (κ3) is 3.03. The summed E-state index contributed by atoms with van der Waals surface area (Å²) in [6.07, 6.45) is 0.767. The lowest BCUT2D eigenvalue weighted by molar-refractivity contribution is -0.114. The minimum Gasteiger partial charge on any atom is -0.488 e. The van der Waals surface area contributed by atoms with Gasteiger partial charge in [0.2, 0.25) is 5.91 Å². The first kappa shape index (κ1) is 15.5. The highest BCUT2D eigenvalue weighted by atomic mass is 16.5. The molecule has 2 aromatic carbocycles. The van der Waals surface area contributed by atoms with Crippen LogP contribution in [-0.4, -0.2) is 43.0 Å². The smallest absolute Gasteiger partial charge is 0.253 e. The molecule has 2 amide bonds. The fourth-order valence-corrected chi connectivity index (χ4v) is 3.27. The number of amides is 2. The third-order valence-corrected chi connectivity index (χ3v) is 4.52. The van der Waals surface area contributed by atoms with Crippen LogP contribution in [0.25, 0.3) is 0 Å². The molecule has 0 spiro atoms. The molecule has 2 aromatic rings. The topological polar surface area (TPSA) is 70.7 Å². The van der Waals surface area contributed by atoms with Crippen molar-refractivity contribution in [2.45, 2.75) is 12.5 Å². The van der Waals surface area contributed by atoms with Crippen LogP contribution in [0.15, 0.2) is 42.5 Å². The van der Waals surface area contributed by atoms with Gasteiger partial charge < -0.3 is 20.3 Å². The number of ether oxygens (including phenoxy) is 1. The Balaban J connectivity index is 1.44. The Bertz CT molecular complexity index is 825. The van der Waals surface area contributed by atoms with Gasteiger partial charge >= 0.3 is 0 Å². The summed E-state index contributed by atoms with van der Waals surface area (Å²) >= 11 is 0. The van der Waals surface area contributed by atoms with Gasteiger partial charge in [0.15, 0.2) is 0 Å². The summed E-state index contributed by atoms with van der Waals surface area (Å²) in [5.74, 6) is 0.695. The number of nitrogens with zero attached hydrogens (tertiary/aromatic N) is 1. The standard InChI is InChI=1S/C19H19N3O3/c1-22(11-14-8-12-4-2-3-5-17(12)25-14)19(24)13-6-7-15-16(9-13)21-18(23)10-20-15/h2-7,9,14,20H,8,10-11H2,1H3,(H,21,23)/t14-/m1/s1. The Kier molecular flexibility index (Phi) is 3.80. The van der Waals surface area contributed by atoms with E-state index < -0.39 is 0 Å². The van der Waals surface area contributed by atoms with Crippen molar-refractivity contribution in [1.82, 2.24) is 4.90 Å². The van der Waals surface area contributed by atoms with Gasteiger partial charge in [-0.05, 0) is 29.8 Å². The van der Waals surface area contributed by atoms with Crippen LogP contribution in [0, 0.1) is 0 Å². The Morgan fingerprint density at radius 1 is 1.24 bits per heavy atom. The van der Waals surface area contributed by atoms with Gasteiger partial charge in [0.25, 0.3) is 5.91 Å². The van der Waals surface area contributed by atoms with Crippen LogP contribution in [0.4, 0.5) is 11.4 Å². The zero-order valence-corrected chi connectivity index (χ0v) is 13.9. The molecule has 0 fully saturated rings. The number of hydrogen-bond donors (Lipinski definition) is 2. The Morgan fingerprint density at radius 2 is 2.08 bits per heavy atom. The molecule has 6 nitrogen and oxygen atoms in total. The number of rotatable bonds is 3. The highest BCUT2D eigenvalue weighted by Crippen LogP contribution is 2.29. The predicted octanol–water partition coefficient (Wildman–Crippen LogP) is 2.13. The number of likely N-dealkylation sites (N-methyl/N-ethyl adjacent to an activating group) is 1. The van der Waals surface area contributed by atoms with E-state index in [2.05, 4.69) is 16.7 Å². The summed E-state index contributed by atoms with van der Waals surface area (Å²) in [6.45, 7) is 0.759. The summed E-state index contributed by atoms with van der Waals surface area (Å²) in [6, 6.07) is 13.2. The molecule has 2 N–H and O–H groups in total. The van der Waals surface area contributed by atoms with E-state index in [9.17, 15) is 9.59 Å². The number of carbonyl (C=O) groups excluding carboxylic acids is 2. The molecule has 1 atom stereocenters. The maximum atomic E-state index is 12.7. The second-order valence-electron chi connectivity index (χ2n) is 6.40. The van der Waals surface area contributed by atoms with Crippen molar-refractivity contribution < 1.29 is 14.3 Å².